The van der Waals surface area contributed by atoms with Crippen molar-refractivity contribution in [3.63, 3.8) is 0 Å². The fourth-order valence-corrected chi connectivity index (χ4v) is 2.87. The normalized spacial score (nSPS) is 12.4. The smallest absolute Gasteiger partial charge is 0.219 e. The maximum atomic E-state index is 10.7. The van der Waals surface area contributed by atoms with Gasteiger partial charge in [-0.25, -0.2) is 0 Å². The van der Waals surface area contributed by atoms with E-state index in [0.29, 0.717) is 6.54 Å². The lowest BCUT2D eigenvalue weighted by atomic mass is 10.0. The average Bonchev–Trinajstić information content (AvgIpc) is 2.24. The minimum Gasteiger partial charge on any atom is -0.330 e. The summed E-state index contributed by atoms with van der Waals surface area (Å²) in [7, 11) is 0. The molecule has 0 spiro atoms. The monoisotopic (exact) mass is 254 g/mol. The van der Waals surface area contributed by atoms with Crippen LogP contribution in [0, 0.1) is 24.0 Å². The molecule has 0 fully saturated rings. The molecule has 94 valence electrons. The molecule has 1 rings (SSSR count). The molecule has 1 aromatic carbocycles. The molecular formula is C12H18N2O2S. The van der Waals surface area contributed by atoms with Crippen LogP contribution in [-0.4, -0.2) is 23.8 Å². The zero-order chi connectivity index (χ0) is 12.8. The molecule has 0 aromatic heterocycles. The minimum absolute atomic E-state index is 0.0471. The van der Waals surface area contributed by atoms with Gasteiger partial charge in [-0.1, -0.05) is 23.8 Å². The van der Waals surface area contributed by atoms with Gasteiger partial charge in [-0.05, 0) is 25.0 Å². The number of aryl methyl sites for hydroxylation is 2. The van der Waals surface area contributed by atoms with E-state index >= 15 is 0 Å². The molecule has 1 aromatic rings. The molecule has 4 nitrogen and oxygen atoms in total. The molecule has 5 heteroatoms. The molecule has 0 heterocycles. The van der Waals surface area contributed by atoms with Crippen LogP contribution in [0.15, 0.2) is 18.2 Å². The van der Waals surface area contributed by atoms with Gasteiger partial charge in [-0.3, -0.25) is 10.1 Å². The van der Waals surface area contributed by atoms with Gasteiger partial charge in [0, 0.05) is 17.2 Å². The van der Waals surface area contributed by atoms with Crippen LogP contribution in [0.25, 0.3) is 0 Å². The summed E-state index contributed by atoms with van der Waals surface area (Å²) >= 11 is 1.56. The topological polar surface area (TPSA) is 69.2 Å². The lowest BCUT2D eigenvalue weighted by Gasteiger charge is -2.15. The van der Waals surface area contributed by atoms with Crippen molar-refractivity contribution in [2.24, 2.45) is 5.73 Å². The number of benzene rings is 1. The first-order valence-corrected chi connectivity index (χ1v) is 6.60. The molecule has 0 bridgehead atoms. The first-order valence-electron chi connectivity index (χ1n) is 5.55. The van der Waals surface area contributed by atoms with Gasteiger partial charge >= 0.3 is 0 Å². The van der Waals surface area contributed by atoms with Gasteiger partial charge in [-0.2, -0.15) is 0 Å². The second-order valence-corrected chi connectivity index (χ2v) is 5.33. The van der Waals surface area contributed by atoms with Gasteiger partial charge in [-0.15, -0.1) is 11.8 Å². The molecule has 0 aliphatic rings. The molecule has 0 saturated carbocycles. The molecule has 0 aliphatic heterocycles. The first kappa shape index (κ1) is 14.0. The van der Waals surface area contributed by atoms with Crippen molar-refractivity contribution in [3.05, 3.63) is 45.0 Å². The third-order valence-corrected chi connectivity index (χ3v) is 3.80. The largest absolute Gasteiger partial charge is 0.330 e. The molecule has 0 amide bonds. The minimum atomic E-state index is -0.256. The van der Waals surface area contributed by atoms with E-state index in [1.165, 1.54) is 5.56 Å². The fourth-order valence-electron chi connectivity index (χ4n) is 1.77. The highest BCUT2D eigenvalue weighted by atomic mass is 32.2. The molecule has 17 heavy (non-hydrogen) atoms. The Labute approximate surface area is 106 Å². The fraction of sp³-hybridized carbons (Fsp3) is 0.500. The maximum Gasteiger partial charge on any atom is 0.219 e. The summed E-state index contributed by atoms with van der Waals surface area (Å²) in [5.41, 5.74) is 8.79. The van der Waals surface area contributed by atoms with Crippen LogP contribution < -0.4 is 5.73 Å². The van der Waals surface area contributed by atoms with Gasteiger partial charge in [0.25, 0.3) is 0 Å². The van der Waals surface area contributed by atoms with Crippen LogP contribution in [0.2, 0.25) is 0 Å². The van der Waals surface area contributed by atoms with E-state index in [0.717, 1.165) is 16.9 Å². The van der Waals surface area contributed by atoms with E-state index in [-0.39, 0.29) is 16.7 Å². The van der Waals surface area contributed by atoms with Crippen molar-refractivity contribution < 1.29 is 4.92 Å². The van der Waals surface area contributed by atoms with E-state index < -0.39 is 0 Å². The standard InChI is InChI=1S/C12H18N2O2S/c1-9-3-4-11(10(2)7-9)12(8-14(15)16)17-6-5-13/h3-4,7,12H,5-6,8,13H2,1-2H3. The van der Waals surface area contributed by atoms with Crippen LogP contribution in [0.5, 0.6) is 0 Å². The molecule has 0 saturated heterocycles. The zero-order valence-electron chi connectivity index (χ0n) is 10.2. The van der Waals surface area contributed by atoms with Crippen LogP contribution in [0.4, 0.5) is 0 Å². The molecule has 0 radical (unpaired) electrons. The number of nitro groups is 1. The SMILES string of the molecule is Cc1ccc(C(C[N+](=O)[O-])SCCN)c(C)c1. The Hall–Kier alpha value is -1.07. The average molecular weight is 254 g/mol. The number of nitrogens with zero attached hydrogens (tertiary/aromatic N) is 1. The van der Waals surface area contributed by atoms with Gasteiger partial charge in [0.05, 0.1) is 5.25 Å². The summed E-state index contributed by atoms with van der Waals surface area (Å²) in [6.07, 6.45) is 0. The predicted octanol–water partition coefficient (Wildman–Crippen LogP) is 2.31. The van der Waals surface area contributed by atoms with Crippen LogP contribution in [0.1, 0.15) is 21.9 Å². The van der Waals surface area contributed by atoms with Gasteiger partial charge in [0.1, 0.15) is 0 Å². The Morgan fingerprint density at radius 1 is 1.47 bits per heavy atom. The van der Waals surface area contributed by atoms with Gasteiger partial charge in [0.2, 0.25) is 6.54 Å². The van der Waals surface area contributed by atoms with Crippen molar-refractivity contribution in [3.8, 4) is 0 Å². The summed E-state index contributed by atoms with van der Waals surface area (Å²) in [5, 5.41) is 10.6. The summed E-state index contributed by atoms with van der Waals surface area (Å²) < 4.78 is 0. The number of hydrogen-bond acceptors (Lipinski definition) is 4. The molecule has 2 N–H and O–H groups in total. The predicted molar refractivity (Wildman–Crippen MR) is 72.0 cm³/mol. The van der Waals surface area contributed by atoms with E-state index in [1.807, 2.05) is 26.0 Å². The summed E-state index contributed by atoms with van der Waals surface area (Å²) in [4.78, 5) is 10.4. The van der Waals surface area contributed by atoms with E-state index in [2.05, 4.69) is 6.07 Å². The van der Waals surface area contributed by atoms with E-state index in [9.17, 15) is 10.1 Å². The Bertz CT molecular complexity index is 396. The lowest BCUT2D eigenvalue weighted by molar-refractivity contribution is -0.479. The van der Waals surface area contributed by atoms with Gasteiger partial charge in [0.15, 0.2) is 0 Å². The van der Waals surface area contributed by atoms with Crippen molar-refractivity contribution in [2.45, 2.75) is 19.1 Å². The van der Waals surface area contributed by atoms with Crippen molar-refractivity contribution in [1.82, 2.24) is 0 Å². The highest BCUT2D eigenvalue weighted by Crippen LogP contribution is 2.31. The number of nitrogens with two attached hydrogens (primary N) is 1. The van der Waals surface area contributed by atoms with Gasteiger partial charge < -0.3 is 5.73 Å². The Balaban J connectivity index is 2.90. The summed E-state index contributed by atoms with van der Waals surface area (Å²) in [6, 6.07) is 6.05. The zero-order valence-corrected chi connectivity index (χ0v) is 11.0. The van der Waals surface area contributed by atoms with E-state index in [4.69, 9.17) is 5.73 Å². The maximum absolute atomic E-state index is 10.7. The van der Waals surface area contributed by atoms with Crippen LogP contribution >= 0.6 is 11.8 Å². The molecular weight excluding hydrogens is 236 g/mol. The number of thioether (sulfide) groups is 1. The quantitative estimate of drug-likeness (QED) is 0.624. The molecule has 0 aliphatic carbocycles. The third-order valence-electron chi connectivity index (χ3n) is 2.52. The third kappa shape index (κ3) is 4.36. The van der Waals surface area contributed by atoms with Crippen LogP contribution in [0.3, 0.4) is 0 Å². The van der Waals surface area contributed by atoms with Crippen molar-refractivity contribution in [2.75, 3.05) is 18.8 Å². The van der Waals surface area contributed by atoms with Crippen LogP contribution in [-0.2, 0) is 0 Å². The highest BCUT2D eigenvalue weighted by molar-refractivity contribution is 7.99. The Morgan fingerprint density at radius 3 is 2.71 bits per heavy atom. The second kappa shape index (κ2) is 6.61. The second-order valence-electron chi connectivity index (χ2n) is 4.02. The molecule has 1 atom stereocenters. The van der Waals surface area contributed by atoms with E-state index in [1.54, 1.807) is 11.8 Å². The first-order chi connectivity index (χ1) is 8.04. The Kier molecular flexibility index (Phi) is 5.44. The summed E-state index contributed by atoms with van der Waals surface area (Å²) in [6.45, 7) is 4.52. The highest BCUT2D eigenvalue weighted by Gasteiger charge is 2.19. The molecule has 1 unspecified atom stereocenters. The number of rotatable bonds is 6. The number of hydrogen-bond donors (Lipinski definition) is 1. The lowest BCUT2D eigenvalue weighted by Crippen LogP contribution is -2.13. The summed E-state index contributed by atoms with van der Waals surface area (Å²) in [5.74, 6) is 0.742. The van der Waals surface area contributed by atoms with Crippen molar-refractivity contribution >= 4 is 11.8 Å². The van der Waals surface area contributed by atoms with Crippen molar-refractivity contribution in [1.29, 1.82) is 0 Å². The Morgan fingerprint density at radius 2 is 2.18 bits per heavy atom.